The first kappa shape index (κ1) is 13.1. The van der Waals surface area contributed by atoms with Crippen LogP contribution in [0.1, 0.15) is 46.5 Å². The van der Waals surface area contributed by atoms with Crippen LogP contribution in [0.2, 0.25) is 0 Å². The Labute approximate surface area is 86.5 Å². The van der Waals surface area contributed by atoms with Crippen LogP contribution in [0.15, 0.2) is 0 Å². The summed E-state index contributed by atoms with van der Waals surface area (Å²) in [6, 6.07) is 0. The van der Waals surface area contributed by atoms with Gasteiger partial charge in [-0.1, -0.05) is 13.3 Å². The fraction of sp³-hybridized carbons (Fsp3) is 0.818. The minimum atomic E-state index is -0.0314. The van der Waals surface area contributed by atoms with Gasteiger partial charge in [0.15, 0.2) is 0 Å². The van der Waals surface area contributed by atoms with Crippen molar-refractivity contribution in [1.29, 1.82) is 0 Å². The van der Waals surface area contributed by atoms with E-state index in [-0.39, 0.29) is 18.1 Å². The molecule has 0 saturated heterocycles. The molecule has 3 heteroatoms. The predicted octanol–water partition coefficient (Wildman–Crippen LogP) is 2.00. The zero-order chi connectivity index (χ0) is 11.0. The van der Waals surface area contributed by atoms with Gasteiger partial charge in [0.05, 0.1) is 6.42 Å². The smallest absolute Gasteiger partial charge is 0.229 e. The fourth-order valence-corrected chi connectivity index (χ4v) is 1.32. The van der Waals surface area contributed by atoms with Crippen molar-refractivity contribution in [3.8, 4) is 0 Å². The molecule has 3 nitrogen and oxygen atoms in total. The molecule has 0 saturated carbocycles. The zero-order valence-electron chi connectivity index (χ0n) is 9.51. The van der Waals surface area contributed by atoms with Crippen LogP contribution in [0.25, 0.3) is 0 Å². The first-order valence-corrected chi connectivity index (χ1v) is 5.45. The molecule has 0 spiro atoms. The van der Waals surface area contributed by atoms with Gasteiger partial charge >= 0.3 is 0 Å². The van der Waals surface area contributed by atoms with Crippen molar-refractivity contribution in [2.75, 3.05) is 13.1 Å². The second-order valence-electron chi connectivity index (χ2n) is 3.39. The van der Waals surface area contributed by atoms with Crippen LogP contribution in [0.4, 0.5) is 0 Å². The maximum Gasteiger partial charge on any atom is 0.229 e. The largest absolute Gasteiger partial charge is 0.343 e. The maximum absolute atomic E-state index is 11.5. The monoisotopic (exact) mass is 199 g/mol. The fourth-order valence-electron chi connectivity index (χ4n) is 1.32. The van der Waals surface area contributed by atoms with Crippen molar-refractivity contribution in [3.05, 3.63) is 0 Å². The van der Waals surface area contributed by atoms with Crippen LogP contribution in [-0.2, 0) is 9.59 Å². The number of hydrogen-bond acceptors (Lipinski definition) is 2. The van der Waals surface area contributed by atoms with Gasteiger partial charge in [0.1, 0.15) is 5.78 Å². The van der Waals surface area contributed by atoms with Crippen molar-refractivity contribution >= 4 is 11.7 Å². The summed E-state index contributed by atoms with van der Waals surface area (Å²) in [5, 5.41) is 0. The Morgan fingerprint density at radius 1 is 1.07 bits per heavy atom. The molecule has 0 bridgehead atoms. The Balaban J connectivity index is 3.86. The highest BCUT2D eigenvalue weighted by Crippen LogP contribution is 2.01. The normalized spacial score (nSPS) is 9.93. The van der Waals surface area contributed by atoms with Gasteiger partial charge in [-0.15, -0.1) is 0 Å². The summed E-state index contributed by atoms with van der Waals surface area (Å²) in [4.78, 5) is 24.5. The van der Waals surface area contributed by atoms with E-state index in [2.05, 4.69) is 0 Å². The lowest BCUT2D eigenvalue weighted by Gasteiger charge is -2.17. The molecule has 0 aromatic carbocycles. The summed E-state index contributed by atoms with van der Waals surface area (Å²) in [6.45, 7) is 7.28. The molecule has 0 fully saturated rings. The molecular weight excluding hydrogens is 178 g/mol. The molecule has 0 aromatic heterocycles. The summed E-state index contributed by atoms with van der Waals surface area (Å²) < 4.78 is 0. The lowest BCUT2D eigenvalue weighted by atomic mass is 10.1. The molecule has 0 aliphatic heterocycles. The molecule has 0 rings (SSSR count). The number of unbranched alkanes of at least 4 members (excludes halogenated alkanes) is 1. The first-order chi connectivity index (χ1) is 6.65. The number of carbonyl (C=O) groups excluding carboxylic acids is 2. The predicted molar refractivity (Wildman–Crippen MR) is 57.1 cm³/mol. The number of amides is 1. The molecule has 0 N–H and O–H groups in total. The number of rotatable bonds is 7. The van der Waals surface area contributed by atoms with Gasteiger partial charge in [-0.3, -0.25) is 9.59 Å². The minimum Gasteiger partial charge on any atom is -0.343 e. The maximum atomic E-state index is 11.5. The highest BCUT2D eigenvalue weighted by atomic mass is 16.2. The Morgan fingerprint density at radius 3 is 2.07 bits per heavy atom. The summed E-state index contributed by atoms with van der Waals surface area (Å²) in [5.41, 5.74) is 0. The zero-order valence-corrected chi connectivity index (χ0v) is 9.51. The lowest BCUT2D eigenvalue weighted by molar-refractivity contribution is -0.135. The van der Waals surface area contributed by atoms with E-state index in [1.165, 1.54) is 0 Å². The van der Waals surface area contributed by atoms with Gasteiger partial charge in [-0.05, 0) is 20.3 Å². The Hall–Kier alpha value is -0.860. The third kappa shape index (κ3) is 5.00. The second kappa shape index (κ2) is 7.54. The Morgan fingerprint density at radius 2 is 1.64 bits per heavy atom. The van der Waals surface area contributed by atoms with Crippen molar-refractivity contribution < 1.29 is 9.59 Å². The minimum absolute atomic E-state index is 0.0314. The Kier molecular flexibility index (Phi) is 7.07. The Bertz CT molecular complexity index is 186. The standard InChI is InChI=1S/C11H21NO2/c1-4-7-8-10(13)9-11(14)12(5-2)6-3/h4-9H2,1-3H3. The molecule has 0 radical (unpaired) electrons. The van der Waals surface area contributed by atoms with E-state index in [9.17, 15) is 9.59 Å². The molecule has 0 aliphatic rings. The number of carbonyl (C=O) groups is 2. The van der Waals surface area contributed by atoms with Crippen LogP contribution in [0, 0.1) is 0 Å². The lowest BCUT2D eigenvalue weighted by Crippen LogP contribution is -2.31. The number of Topliss-reactive ketones (excluding diaryl/α,β-unsaturated/α-hetero) is 1. The van der Waals surface area contributed by atoms with Gasteiger partial charge in [-0.2, -0.15) is 0 Å². The third-order valence-electron chi connectivity index (χ3n) is 2.27. The average Bonchev–Trinajstić information content (AvgIpc) is 2.16. The quantitative estimate of drug-likeness (QED) is 0.588. The van der Waals surface area contributed by atoms with E-state index in [1.54, 1.807) is 4.90 Å². The second-order valence-corrected chi connectivity index (χ2v) is 3.39. The first-order valence-electron chi connectivity index (χ1n) is 5.45. The molecular formula is C11H21NO2. The van der Waals surface area contributed by atoms with Crippen molar-refractivity contribution in [1.82, 2.24) is 4.90 Å². The molecule has 14 heavy (non-hydrogen) atoms. The van der Waals surface area contributed by atoms with E-state index in [0.717, 1.165) is 12.8 Å². The summed E-state index contributed by atoms with van der Waals surface area (Å²) in [6.07, 6.45) is 2.53. The number of nitrogens with zero attached hydrogens (tertiary/aromatic N) is 1. The van der Waals surface area contributed by atoms with Crippen LogP contribution in [0.5, 0.6) is 0 Å². The van der Waals surface area contributed by atoms with E-state index in [4.69, 9.17) is 0 Å². The summed E-state index contributed by atoms with van der Waals surface area (Å²) in [7, 11) is 0. The topological polar surface area (TPSA) is 37.4 Å². The van der Waals surface area contributed by atoms with Crippen molar-refractivity contribution in [2.45, 2.75) is 46.5 Å². The van der Waals surface area contributed by atoms with E-state index < -0.39 is 0 Å². The third-order valence-corrected chi connectivity index (χ3v) is 2.27. The van der Waals surface area contributed by atoms with Gasteiger partial charge in [0.25, 0.3) is 0 Å². The average molecular weight is 199 g/mol. The van der Waals surface area contributed by atoms with Crippen LogP contribution < -0.4 is 0 Å². The van der Waals surface area contributed by atoms with Crippen LogP contribution >= 0.6 is 0 Å². The summed E-state index contributed by atoms with van der Waals surface area (Å²) in [5.74, 6) is 0.0415. The SMILES string of the molecule is CCCCC(=O)CC(=O)N(CC)CC. The molecule has 1 amide bonds. The van der Waals surface area contributed by atoms with E-state index in [1.807, 2.05) is 20.8 Å². The van der Waals surface area contributed by atoms with E-state index in [0.29, 0.717) is 19.5 Å². The molecule has 0 heterocycles. The van der Waals surface area contributed by atoms with Gasteiger partial charge in [0, 0.05) is 19.5 Å². The molecule has 0 atom stereocenters. The van der Waals surface area contributed by atoms with Gasteiger partial charge < -0.3 is 4.90 Å². The molecule has 0 unspecified atom stereocenters. The summed E-state index contributed by atoms with van der Waals surface area (Å²) >= 11 is 0. The molecule has 0 aromatic rings. The van der Waals surface area contributed by atoms with E-state index >= 15 is 0 Å². The van der Waals surface area contributed by atoms with Gasteiger partial charge in [0.2, 0.25) is 5.91 Å². The van der Waals surface area contributed by atoms with Crippen molar-refractivity contribution in [3.63, 3.8) is 0 Å². The molecule has 82 valence electrons. The highest BCUT2D eigenvalue weighted by Gasteiger charge is 2.13. The number of ketones is 1. The van der Waals surface area contributed by atoms with Crippen LogP contribution in [0.3, 0.4) is 0 Å². The number of hydrogen-bond donors (Lipinski definition) is 0. The van der Waals surface area contributed by atoms with Crippen molar-refractivity contribution in [2.24, 2.45) is 0 Å². The van der Waals surface area contributed by atoms with Gasteiger partial charge in [-0.25, -0.2) is 0 Å². The van der Waals surface area contributed by atoms with Crippen LogP contribution in [-0.4, -0.2) is 29.7 Å². The highest BCUT2D eigenvalue weighted by molar-refractivity contribution is 5.97. The molecule has 0 aliphatic carbocycles.